The van der Waals surface area contributed by atoms with E-state index >= 15 is 0 Å². The van der Waals surface area contributed by atoms with E-state index in [4.69, 9.17) is 4.74 Å². The Morgan fingerprint density at radius 2 is 2.14 bits per heavy atom. The molecule has 0 fully saturated rings. The molecule has 29 heavy (non-hydrogen) atoms. The standard InChI is InChI=1S/C23H25N3O2S/c1-15-9-10-17-20(12-15)29-23(25-14-16-6-5-11-24-13-16)21(17)22(27)26-18-7-3-4-8-19(18)28-2/h3-8,11,13,15,25H,9-10,12,14H2,1-2H3,(H,26,27)/t15-/m1/s1. The molecule has 0 saturated carbocycles. The molecule has 1 aliphatic carbocycles. The van der Waals surface area contributed by atoms with E-state index in [1.807, 2.05) is 42.6 Å². The number of nitrogens with zero attached hydrogens (tertiary/aromatic N) is 1. The molecule has 1 aromatic carbocycles. The number of carbonyl (C=O) groups excluding carboxylic acids is 1. The average molecular weight is 408 g/mol. The lowest BCUT2D eigenvalue weighted by Crippen LogP contribution is -2.18. The summed E-state index contributed by atoms with van der Waals surface area (Å²) >= 11 is 1.71. The first kappa shape index (κ1) is 19.5. The molecule has 1 atom stereocenters. The minimum atomic E-state index is -0.0877. The first-order chi connectivity index (χ1) is 14.2. The quantitative estimate of drug-likeness (QED) is 0.594. The molecule has 2 N–H and O–H groups in total. The van der Waals surface area contributed by atoms with E-state index < -0.39 is 0 Å². The van der Waals surface area contributed by atoms with Crippen molar-refractivity contribution in [3.8, 4) is 5.75 Å². The van der Waals surface area contributed by atoms with Crippen molar-refractivity contribution in [1.29, 1.82) is 0 Å². The van der Waals surface area contributed by atoms with Crippen molar-refractivity contribution >= 4 is 27.9 Å². The van der Waals surface area contributed by atoms with Crippen LogP contribution in [0, 0.1) is 5.92 Å². The summed E-state index contributed by atoms with van der Waals surface area (Å²) in [5.74, 6) is 1.22. The van der Waals surface area contributed by atoms with E-state index in [2.05, 4.69) is 22.5 Å². The van der Waals surface area contributed by atoms with Crippen molar-refractivity contribution in [1.82, 2.24) is 4.98 Å². The molecular formula is C23H25N3O2S. The van der Waals surface area contributed by atoms with Gasteiger partial charge in [0.05, 0.1) is 18.4 Å². The van der Waals surface area contributed by atoms with Gasteiger partial charge in [-0.3, -0.25) is 9.78 Å². The Kier molecular flexibility index (Phi) is 5.81. The van der Waals surface area contributed by atoms with Gasteiger partial charge in [0, 0.05) is 23.8 Å². The highest BCUT2D eigenvalue weighted by Crippen LogP contribution is 2.40. The van der Waals surface area contributed by atoms with Gasteiger partial charge in [0.15, 0.2) is 0 Å². The molecule has 2 aromatic heterocycles. The molecule has 0 saturated heterocycles. The van der Waals surface area contributed by atoms with Gasteiger partial charge < -0.3 is 15.4 Å². The van der Waals surface area contributed by atoms with Crippen molar-refractivity contribution in [2.75, 3.05) is 17.7 Å². The Bertz CT molecular complexity index is 1000. The van der Waals surface area contributed by atoms with Crippen molar-refractivity contribution < 1.29 is 9.53 Å². The molecule has 0 radical (unpaired) electrons. The van der Waals surface area contributed by atoms with Gasteiger partial charge in [-0.15, -0.1) is 11.3 Å². The lowest BCUT2D eigenvalue weighted by Gasteiger charge is -2.19. The smallest absolute Gasteiger partial charge is 0.259 e. The van der Waals surface area contributed by atoms with Crippen LogP contribution in [0.15, 0.2) is 48.8 Å². The van der Waals surface area contributed by atoms with Crippen LogP contribution in [0.5, 0.6) is 5.75 Å². The van der Waals surface area contributed by atoms with E-state index in [-0.39, 0.29) is 5.91 Å². The fourth-order valence-electron chi connectivity index (χ4n) is 3.73. The number of fused-ring (bicyclic) bond motifs is 1. The fraction of sp³-hybridized carbons (Fsp3) is 0.304. The maximum absolute atomic E-state index is 13.3. The van der Waals surface area contributed by atoms with Gasteiger partial charge in [-0.1, -0.05) is 25.1 Å². The van der Waals surface area contributed by atoms with E-state index in [0.29, 0.717) is 23.9 Å². The highest BCUT2D eigenvalue weighted by atomic mass is 32.1. The molecular weight excluding hydrogens is 382 g/mol. The minimum Gasteiger partial charge on any atom is -0.495 e. The predicted octanol–water partition coefficient (Wildman–Crippen LogP) is 5.14. The van der Waals surface area contributed by atoms with Gasteiger partial charge in [-0.05, 0) is 54.5 Å². The van der Waals surface area contributed by atoms with Crippen LogP contribution < -0.4 is 15.4 Å². The zero-order valence-electron chi connectivity index (χ0n) is 16.7. The Labute approximate surface area is 175 Å². The van der Waals surface area contributed by atoms with Crippen LogP contribution >= 0.6 is 11.3 Å². The zero-order valence-corrected chi connectivity index (χ0v) is 17.5. The van der Waals surface area contributed by atoms with Gasteiger partial charge in [-0.2, -0.15) is 0 Å². The third kappa shape index (κ3) is 4.27. The van der Waals surface area contributed by atoms with Gasteiger partial charge in [0.2, 0.25) is 0 Å². The number of hydrogen-bond donors (Lipinski definition) is 2. The number of thiophene rings is 1. The first-order valence-electron chi connectivity index (χ1n) is 9.87. The van der Waals surface area contributed by atoms with Crippen LogP contribution in [-0.2, 0) is 19.4 Å². The normalized spacial score (nSPS) is 15.4. The number of rotatable bonds is 6. The maximum atomic E-state index is 13.3. The Hall–Kier alpha value is -2.86. The van der Waals surface area contributed by atoms with Gasteiger partial charge >= 0.3 is 0 Å². The molecule has 0 spiro atoms. The van der Waals surface area contributed by atoms with Crippen LogP contribution in [0.25, 0.3) is 0 Å². The highest BCUT2D eigenvalue weighted by Gasteiger charge is 2.28. The Balaban J connectivity index is 1.64. The zero-order chi connectivity index (χ0) is 20.2. The summed E-state index contributed by atoms with van der Waals surface area (Å²) < 4.78 is 5.39. The number of carbonyl (C=O) groups is 1. The SMILES string of the molecule is COc1ccccc1NC(=O)c1c(NCc2cccnc2)sc2c1CC[C@@H](C)C2. The number of ether oxygens (including phenoxy) is 1. The van der Waals surface area contributed by atoms with Crippen LogP contribution in [-0.4, -0.2) is 18.0 Å². The number of pyridine rings is 1. The van der Waals surface area contributed by atoms with Crippen molar-refractivity contribution in [2.24, 2.45) is 5.92 Å². The molecule has 0 aliphatic heterocycles. The predicted molar refractivity (Wildman–Crippen MR) is 118 cm³/mol. The summed E-state index contributed by atoms with van der Waals surface area (Å²) in [5.41, 5.74) is 3.73. The molecule has 0 bridgehead atoms. The van der Waals surface area contributed by atoms with Gasteiger partial charge in [0.1, 0.15) is 10.8 Å². The molecule has 6 heteroatoms. The number of nitrogens with one attached hydrogen (secondary N) is 2. The topological polar surface area (TPSA) is 63.2 Å². The monoisotopic (exact) mass is 407 g/mol. The second kappa shape index (κ2) is 8.66. The van der Waals surface area contributed by atoms with Crippen LogP contribution in [0.2, 0.25) is 0 Å². The minimum absolute atomic E-state index is 0.0877. The van der Waals surface area contributed by atoms with Crippen LogP contribution in [0.3, 0.4) is 0 Å². The van der Waals surface area contributed by atoms with Gasteiger partial charge in [-0.25, -0.2) is 0 Å². The van der Waals surface area contributed by atoms with E-state index in [9.17, 15) is 4.79 Å². The van der Waals surface area contributed by atoms with Crippen molar-refractivity contribution in [3.05, 3.63) is 70.4 Å². The molecule has 3 aromatic rings. The summed E-state index contributed by atoms with van der Waals surface area (Å²) in [5, 5.41) is 7.47. The number of methoxy groups -OCH3 is 1. The average Bonchev–Trinajstić information content (AvgIpc) is 3.11. The highest BCUT2D eigenvalue weighted by molar-refractivity contribution is 7.16. The second-order valence-corrected chi connectivity index (χ2v) is 8.53. The summed E-state index contributed by atoms with van der Waals surface area (Å²) in [7, 11) is 1.61. The molecule has 150 valence electrons. The summed E-state index contributed by atoms with van der Waals surface area (Å²) in [6.45, 7) is 2.91. The van der Waals surface area contributed by atoms with Crippen molar-refractivity contribution in [2.45, 2.75) is 32.7 Å². The Morgan fingerprint density at radius 3 is 2.93 bits per heavy atom. The third-order valence-electron chi connectivity index (χ3n) is 5.27. The van der Waals surface area contributed by atoms with E-state index in [1.54, 1.807) is 24.6 Å². The number of para-hydroxylation sites is 2. The van der Waals surface area contributed by atoms with E-state index in [0.717, 1.165) is 35.4 Å². The number of hydrogen-bond acceptors (Lipinski definition) is 5. The molecule has 5 nitrogen and oxygen atoms in total. The molecule has 2 heterocycles. The van der Waals surface area contributed by atoms with E-state index in [1.165, 1.54) is 10.4 Å². The third-order valence-corrected chi connectivity index (χ3v) is 6.48. The Morgan fingerprint density at radius 1 is 1.28 bits per heavy atom. The maximum Gasteiger partial charge on any atom is 0.259 e. The van der Waals surface area contributed by atoms with Gasteiger partial charge in [0.25, 0.3) is 5.91 Å². The number of anilines is 2. The number of benzene rings is 1. The molecule has 1 amide bonds. The number of amides is 1. The molecule has 0 unspecified atom stereocenters. The summed E-state index contributed by atoms with van der Waals surface area (Å²) in [6.07, 6.45) is 6.69. The summed E-state index contributed by atoms with van der Waals surface area (Å²) in [6, 6.07) is 11.5. The largest absolute Gasteiger partial charge is 0.495 e. The lowest BCUT2D eigenvalue weighted by atomic mass is 9.88. The van der Waals surface area contributed by atoms with Crippen LogP contribution in [0.4, 0.5) is 10.7 Å². The first-order valence-corrected chi connectivity index (χ1v) is 10.7. The molecule has 1 aliphatic rings. The summed E-state index contributed by atoms with van der Waals surface area (Å²) in [4.78, 5) is 18.8. The van der Waals surface area contributed by atoms with Crippen molar-refractivity contribution in [3.63, 3.8) is 0 Å². The fourth-order valence-corrected chi connectivity index (χ4v) is 5.14. The lowest BCUT2D eigenvalue weighted by molar-refractivity contribution is 0.102. The molecule has 4 rings (SSSR count). The van der Waals surface area contributed by atoms with Crippen LogP contribution in [0.1, 0.15) is 39.7 Å². The number of aromatic nitrogens is 1. The second-order valence-electron chi connectivity index (χ2n) is 7.43.